The van der Waals surface area contributed by atoms with Crippen molar-refractivity contribution in [3.05, 3.63) is 149 Å². The summed E-state index contributed by atoms with van der Waals surface area (Å²) in [6, 6.07) is 29.4. The van der Waals surface area contributed by atoms with Gasteiger partial charge in [-0.2, -0.15) is 14.9 Å². The number of rotatable bonds is 14. The Labute approximate surface area is 329 Å². The highest BCUT2D eigenvalue weighted by atomic mass is 19.1. The summed E-state index contributed by atoms with van der Waals surface area (Å²) >= 11 is 0. The van der Waals surface area contributed by atoms with Crippen molar-refractivity contribution in [3.8, 4) is 11.4 Å². The van der Waals surface area contributed by atoms with E-state index in [-0.39, 0.29) is 43.1 Å². The first-order chi connectivity index (χ1) is 27.7. The van der Waals surface area contributed by atoms with E-state index in [1.165, 1.54) is 39.7 Å². The van der Waals surface area contributed by atoms with Crippen molar-refractivity contribution < 1.29 is 23.0 Å². The minimum atomic E-state index is -1.52. The van der Waals surface area contributed by atoms with Crippen LogP contribution < -0.4 is 25.5 Å². The lowest BCUT2D eigenvalue weighted by Gasteiger charge is -2.37. The molecule has 0 bridgehead atoms. The van der Waals surface area contributed by atoms with Gasteiger partial charge in [-0.15, -0.1) is 0 Å². The molecule has 4 atom stereocenters. The standard InChI is InChI=1S/C42H45F2N9O4/c1-30(46-23-32-6-4-3-5-7-32)31(2)52-29-48-53(41(52)54)36-11-9-34(10-12-36)49-18-20-50(21-19-49)35-13-15-37(16-14-35)55-24-38-25-56-42(57-38,26-51-28-45-27-47-51)39-17-8-33(43)22-40(39)44/h3-17,22,27-31,38,46H,18-21,23-26H2,1-2H3. The largest absolute Gasteiger partial charge is 0.491 e. The van der Waals surface area contributed by atoms with Crippen molar-refractivity contribution in [2.24, 2.45) is 0 Å². The van der Waals surface area contributed by atoms with E-state index in [1.807, 2.05) is 73.7 Å². The molecule has 0 saturated carbocycles. The van der Waals surface area contributed by atoms with Crippen molar-refractivity contribution >= 4 is 11.4 Å². The minimum Gasteiger partial charge on any atom is -0.491 e. The first-order valence-corrected chi connectivity index (χ1v) is 19.1. The molecule has 296 valence electrons. The molecule has 15 heteroatoms. The number of hydrogen-bond donors (Lipinski definition) is 1. The number of anilines is 2. The van der Waals surface area contributed by atoms with Crippen molar-refractivity contribution in [2.75, 3.05) is 49.2 Å². The highest BCUT2D eigenvalue weighted by molar-refractivity contribution is 5.54. The van der Waals surface area contributed by atoms with Gasteiger partial charge >= 0.3 is 5.69 Å². The van der Waals surface area contributed by atoms with Crippen LogP contribution in [0.25, 0.3) is 5.69 Å². The number of halogens is 2. The first kappa shape index (κ1) is 38.0. The third-order valence-corrected chi connectivity index (χ3v) is 10.7. The molecule has 0 radical (unpaired) electrons. The summed E-state index contributed by atoms with van der Waals surface area (Å²) in [5, 5.41) is 12.1. The van der Waals surface area contributed by atoms with E-state index in [4.69, 9.17) is 14.2 Å². The zero-order chi connectivity index (χ0) is 39.4. The van der Waals surface area contributed by atoms with Crippen molar-refractivity contribution in [1.82, 2.24) is 34.4 Å². The summed E-state index contributed by atoms with van der Waals surface area (Å²) in [6.45, 7) is 8.51. The quantitative estimate of drug-likeness (QED) is 0.156. The van der Waals surface area contributed by atoms with Crippen LogP contribution in [0.1, 0.15) is 31.0 Å². The second-order valence-corrected chi connectivity index (χ2v) is 14.4. The summed E-state index contributed by atoms with van der Waals surface area (Å²) in [6.07, 6.45) is 3.95. The van der Waals surface area contributed by atoms with Crippen LogP contribution in [0.3, 0.4) is 0 Å². The van der Waals surface area contributed by atoms with Gasteiger partial charge in [0.1, 0.15) is 55.6 Å². The third-order valence-electron chi connectivity index (χ3n) is 10.7. The monoisotopic (exact) mass is 777 g/mol. The maximum atomic E-state index is 14.9. The normalized spacial score (nSPS) is 19.5. The van der Waals surface area contributed by atoms with Crippen molar-refractivity contribution in [3.63, 3.8) is 0 Å². The van der Waals surface area contributed by atoms with Crippen LogP contribution >= 0.6 is 0 Å². The Morgan fingerprint density at radius 1 is 0.860 bits per heavy atom. The molecule has 0 aliphatic carbocycles. The lowest BCUT2D eigenvalue weighted by molar-refractivity contribution is -0.192. The van der Waals surface area contributed by atoms with E-state index in [9.17, 15) is 13.6 Å². The van der Waals surface area contributed by atoms with Crippen LogP contribution in [0.2, 0.25) is 0 Å². The molecular weight excluding hydrogens is 733 g/mol. The number of aromatic nitrogens is 6. The fourth-order valence-electron chi connectivity index (χ4n) is 7.31. The van der Waals surface area contributed by atoms with Gasteiger partial charge in [0.2, 0.25) is 5.79 Å². The van der Waals surface area contributed by atoms with Crippen LogP contribution in [0.5, 0.6) is 5.75 Å². The van der Waals surface area contributed by atoms with Gasteiger partial charge in [-0.1, -0.05) is 30.3 Å². The Morgan fingerprint density at radius 3 is 2.21 bits per heavy atom. The predicted molar refractivity (Wildman–Crippen MR) is 211 cm³/mol. The molecule has 4 aromatic carbocycles. The molecule has 57 heavy (non-hydrogen) atoms. The van der Waals surface area contributed by atoms with Gasteiger partial charge in [0.05, 0.1) is 18.3 Å². The average molecular weight is 778 g/mol. The van der Waals surface area contributed by atoms with E-state index in [0.717, 1.165) is 55.9 Å². The van der Waals surface area contributed by atoms with Crippen molar-refractivity contribution in [1.29, 1.82) is 0 Å². The molecule has 2 aliphatic rings. The van der Waals surface area contributed by atoms with E-state index in [0.29, 0.717) is 5.75 Å². The Kier molecular flexibility index (Phi) is 11.1. The second kappa shape index (κ2) is 16.7. The van der Waals surface area contributed by atoms with Crippen LogP contribution in [0, 0.1) is 11.6 Å². The number of nitrogens with zero attached hydrogens (tertiary/aromatic N) is 8. The maximum absolute atomic E-state index is 14.9. The lowest BCUT2D eigenvalue weighted by Crippen LogP contribution is -2.46. The number of nitrogens with one attached hydrogen (secondary N) is 1. The highest BCUT2D eigenvalue weighted by Gasteiger charge is 2.46. The number of hydrogen-bond acceptors (Lipinski definition) is 10. The average Bonchev–Trinajstić information content (AvgIpc) is 4.01. The Balaban J connectivity index is 0.822. The minimum absolute atomic E-state index is 0.0282. The summed E-state index contributed by atoms with van der Waals surface area (Å²) < 4.78 is 51.6. The topological polar surface area (TPSA) is 117 Å². The Bertz CT molecular complexity index is 2280. The molecule has 0 spiro atoms. The fourth-order valence-corrected chi connectivity index (χ4v) is 7.31. The van der Waals surface area contributed by atoms with E-state index in [1.54, 1.807) is 10.9 Å². The maximum Gasteiger partial charge on any atom is 0.350 e. The molecule has 2 aliphatic heterocycles. The Morgan fingerprint density at radius 2 is 1.54 bits per heavy atom. The van der Waals surface area contributed by atoms with Gasteiger partial charge in [0.15, 0.2) is 0 Å². The Hall–Kier alpha value is -5.90. The third kappa shape index (κ3) is 8.45. The SMILES string of the molecule is CC(NCc1ccccc1)C(C)n1cnn(-c2ccc(N3CCN(c4ccc(OCC5COC(Cn6cncn6)(c6ccc(F)cc6F)O5)cc4)CC3)cc2)c1=O. The zero-order valence-electron chi connectivity index (χ0n) is 31.8. The number of piperazine rings is 1. The van der Waals surface area contributed by atoms with Crippen LogP contribution in [-0.4, -0.2) is 80.7 Å². The summed E-state index contributed by atoms with van der Waals surface area (Å²) in [5.74, 6) is -2.32. The number of benzene rings is 4. The summed E-state index contributed by atoms with van der Waals surface area (Å²) in [7, 11) is 0. The van der Waals surface area contributed by atoms with Gasteiger partial charge in [-0.25, -0.2) is 23.2 Å². The van der Waals surface area contributed by atoms with Gasteiger partial charge in [0.25, 0.3) is 0 Å². The predicted octanol–water partition coefficient (Wildman–Crippen LogP) is 5.32. The molecule has 2 aromatic heterocycles. The molecule has 4 heterocycles. The molecular formula is C42H45F2N9O4. The number of ether oxygens (including phenoxy) is 3. The van der Waals surface area contributed by atoms with Crippen molar-refractivity contribution in [2.45, 2.75) is 50.9 Å². The molecule has 0 amide bonds. The fraction of sp³-hybridized carbons (Fsp3) is 0.333. The van der Waals surface area contributed by atoms with E-state index >= 15 is 0 Å². The van der Waals surface area contributed by atoms with Gasteiger partial charge in [0, 0.05) is 61.8 Å². The molecule has 8 rings (SSSR count). The molecule has 4 unspecified atom stereocenters. The van der Waals surface area contributed by atoms with Gasteiger partial charge in [-0.3, -0.25) is 4.57 Å². The van der Waals surface area contributed by atoms with Crippen LogP contribution in [0.15, 0.2) is 121 Å². The molecule has 6 aromatic rings. The molecule has 2 fully saturated rings. The molecule has 1 N–H and O–H groups in total. The van der Waals surface area contributed by atoms with Crippen LogP contribution in [-0.2, 0) is 28.4 Å². The second-order valence-electron chi connectivity index (χ2n) is 14.4. The smallest absolute Gasteiger partial charge is 0.350 e. The van der Waals surface area contributed by atoms with Gasteiger partial charge in [-0.05, 0) is 80.1 Å². The van der Waals surface area contributed by atoms with E-state index in [2.05, 4.69) is 49.4 Å². The zero-order valence-corrected chi connectivity index (χ0v) is 31.8. The van der Waals surface area contributed by atoms with Gasteiger partial charge < -0.3 is 29.3 Å². The van der Waals surface area contributed by atoms with Crippen LogP contribution in [0.4, 0.5) is 20.2 Å². The lowest BCUT2D eigenvalue weighted by atomic mass is 10.0. The first-order valence-electron chi connectivity index (χ1n) is 19.1. The molecule has 13 nitrogen and oxygen atoms in total. The molecule has 2 saturated heterocycles. The highest BCUT2D eigenvalue weighted by Crippen LogP contribution is 2.38. The summed E-state index contributed by atoms with van der Waals surface area (Å²) in [5.41, 5.74) is 4.00. The summed E-state index contributed by atoms with van der Waals surface area (Å²) in [4.78, 5) is 22.0. The van der Waals surface area contributed by atoms with E-state index < -0.39 is 23.5 Å².